The van der Waals surface area contributed by atoms with Gasteiger partial charge in [-0.3, -0.25) is 0 Å². The molecule has 1 saturated heterocycles. The number of nitrogens with one attached hydrogen (secondary N) is 1. The van der Waals surface area contributed by atoms with Gasteiger partial charge in [-0.1, -0.05) is 12.5 Å². The summed E-state index contributed by atoms with van der Waals surface area (Å²) in [5.74, 6) is 0.705. The lowest BCUT2D eigenvalue weighted by Gasteiger charge is -2.23. The first kappa shape index (κ1) is 12.8. The van der Waals surface area contributed by atoms with Crippen LogP contribution in [0.25, 0.3) is 0 Å². The number of aromatic nitrogens is 1. The first-order valence-corrected chi connectivity index (χ1v) is 7.12. The van der Waals surface area contributed by atoms with Crippen LogP contribution in [-0.2, 0) is 0 Å². The van der Waals surface area contributed by atoms with Crippen LogP contribution >= 0.6 is 15.9 Å². The first-order valence-electron chi connectivity index (χ1n) is 6.33. The molecule has 1 aromatic heterocycles. The minimum absolute atomic E-state index is 0.697. The second-order valence-electron chi connectivity index (χ2n) is 4.44. The molecule has 1 aromatic rings. The number of ether oxygens (including phenoxy) is 1. The molecule has 94 valence electrons. The van der Waals surface area contributed by atoms with E-state index in [4.69, 9.17) is 4.74 Å². The fourth-order valence-corrected chi connectivity index (χ4v) is 2.47. The van der Waals surface area contributed by atoms with E-state index < -0.39 is 0 Å². The molecule has 0 aliphatic carbocycles. The maximum Gasteiger partial charge on any atom is 0.214 e. The number of halogens is 1. The molecule has 1 aliphatic heterocycles. The van der Waals surface area contributed by atoms with Gasteiger partial charge >= 0.3 is 0 Å². The van der Waals surface area contributed by atoms with E-state index in [0.29, 0.717) is 11.9 Å². The molecule has 1 aliphatic rings. The molecular weight excluding hydrogens is 280 g/mol. The van der Waals surface area contributed by atoms with Crippen LogP contribution in [0.1, 0.15) is 32.1 Å². The Kier molecular flexibility index (Phi) is 5.26. The highest BCUT2D eigenvalue weighted by Gasteiger charge is 2.11. The second-order valence-corrected chi connectivity index (χ2v) is 5.25. The highest BCUT2D eigenvalue weighted by molar-refractivity contribution is 9.10. The number of hydrogen-bond donors (Lipinski definition) is 1. The lowest BCUT2D eigenvalue weighted by Crippen LogP contribution is -2.34. The maximum absolute atomic E-state index is 5.61. The summed E-state index contributed by atoms with van der Waals surface area (Å²) in [6.45, 7) is 1.93. The summed E-state index contributed by atoms with van der Waals surface area (Å²) in [6, 6.07) is 6.43. The van der Waals surface area contributed by atoms with Crippen LogP contribution in [0.15, 0.2) is 22.8 Å². The van der Waals surface area contributed by atoms with E-state index >= 15 is 0 Å². The Morgan fingerprint density at radius 3 is 3.12 bits per heavy atom. The van der Waals surface area contributed by atoms with Crippen molar-refractivity contribution in [3.8, 4) is 5.88 Å². The Bertz CT molecular complexity index is 340. The van der Waals surface area contributed by atoms with E-state index in [2.05, 4.69) is 26.2 Å². The third-order valence-corrected chi connectivity index (χ3v) is 3.49. The zero-order valence-corrected chi connectivity index (χ0v) is 11.6. The molecule has 0 saturated carbocycles. The number of hydrogen-bond acceptors (Lipinski definition) is 3. The van der Waals surface area contributed by atoms with Crippen molar-refractivity contribution in [3.05, 3.63) is 22.8 Å². The Morgan fingerprint density at radius 1 is 1.41 bits per heavy atom. The molecule has 4 heteroatoms. The van der Waals surface area contributed by atoms with Crippen molar-refractivity contribution in [3.63, 3.8) is 0 Å². The summed E-state index contributed by atoms with van der Waals surface area (Å²) in [6.07, 6.45) is 6.30. The summed E-state index contributed by atoms with van der Waals surface area (Å²) >= 11 is 3.33. The molecule has 1 unspecified atom stereocenters. The zero-order chi connectivity index (χ0) is 11.9. The van der Waals surface area contributed by atoms with Crippen LogP contribution in [0.2, 0.25) is 0 Å². The molecule has 3 nitrogen and oxygen atoms in total. The molecule has 17 heavy (non-hydrogen) atoms. The van der Waals surface area contributed by atoms with Crippen molar-refractivity contribution in [2.24, 2.45) is 0 Å². The minimum atomic E-state index is 0.697. The Morgan fingerprint density at radius 2 is 2.35 bits per heavy atom. The average Bonchev–Trinajstić information content (AvgIpc) is 2.36. The molecule has 0 radical (unpaired) electrons. The molecule has 0 bridgehead atoms. The average molecular weight is 299 g/mol. The van der Waals surface area contributed by atoms with Crippen LogP contribution in [0.5, 0.6) is 5.88 Å². The third-order valence-electron chi connectivity index (χ3n) is 3.05. The Balaban J connectivity index is 1.62. The van der Waals surface area contributed by atoms with E-state index in [9.17, 15) is 0 Å². The SMILES string of the molecule is Brc1cccc(OCCCC2CCCCN2)n1. The van der Waals surface area contributed by atoms with Crippen molar-refractivity contribution in [2.75, 3.05) is 13.2 Å². The maximum atomic E-state index is 5.61. The molecule has 0 aromatic carbocycles. The minimum Gasteiger partial charge on any atom is -0.478 e. The van der Waals surface area contributed by atoms with Crippen molar-refractivity contribution < 1.29 is 4.74 Å². The number of nitrogens with zero attached hydrogens (tertiary/aromatic N) is 1. The van der Waals surface area contributed by atoms with Gasteiger partial charge in [-0.25, -0.2) is 4.98 Å². The molecule has 1 fully saturated rings. The number of piperidine rings is 1. The highest BCUT2D eigenvalue weighted by atomic mass is 79.9. The van der Waals surface area contributed by atoms with Crippen LogP contribution in [0.4, 0.5) is 0 Å². The Hall–Kier alpha value is -0.610. The molecule has 1 atom stereocenters. The molecule has 1 N–H and O–H groups in total. The monoisotopic (exact) mass is 298 g/mol. The summed E-state index contributed by atoms with van der Waals surface area (Å²) in [7, 11) is 0. The zero-order valence-electron chi connectivity index (χ0n) is 9.99. The van der Waals surface area contributed by atoms with Crippen LogP contribution in [0, 0.1) is 0 Å². The predicted octanol–water partition coefficient (Wildman–Crippen LogP) is 3.15. The van der Waals surface area contributed by atoms with E-state index in [0.717, 1.165) is 17.6 Å². The van der Waals surface area contributed by atoms with Crippen LogP contribution < -0.4 is 10.1 Å². The van der Waals surface area contributed by atoms with Gasteiger partial charge in [-0.2, -0.15) is 0 Å². The molecule has 2 rings (SSSR count). The van der Waals surface area contributed by atoms with E-state index in [1.807, 2.05) is 18.2 Å². The summed E-state index contributed by atoms with van der Waals surface area (Å²) < 4.78 is 6.43. The van der Waals surface area contributed by atoms with Gasteiger partial charge in [0.1, 0.15) is 4.60 Å². The van der Waals surface area contributed by atoms with Crippen molar-refractivity contribution >= 4 is 15.9 Å². The normalized spacial score (nSPS) is 20.2. The summed E-state index contributed by atoms with van der Waals surface area (Å²) in [5, 5.41) is 3.55. The first-order chi connectivity index (χ1) is 8.34. The standard InChI is InChI=1S/C13H19BrN2O/c14-12-7-3-8-13(16-12)17-10-4-6-11-5-1-2-9-15-11/h3,7-8,11,15H,1-2,4-6,9-10H2. The predicted molar refractivity (Wildman–Crippen MR) is 72.3 cm³/mol. The molecular formula is C13H19BrN2O. The molecule has 0 spiro atoms. The van der Waals surface area contributed by atoms with Crippen molar-refractivity contribution in [1.82, 2.24) is 10.3 Å². The number of rotatable bonds is 5. The van der Waals surface area contributed by atoms with Gasteiger partial charge in [0.25, 0.3) is 0 Å². The van der Waals surface area contributed by atoms with Gasteiger partial charge in [-0.05, 0) is 54.2 Å². The summed E-state index contributed by atoms with van der Waals surface area (Å²) in [5.41, 5.74) is 0. The van der Waals surface area contributed by atoms with Gasteiger partial charge < -0.3 is 10.1 Å². The smallest absolute Gasteiger partial charge is 0.214 e. The van der Waals surface area contributed by atoms with Crippen LogP contribution in [0.3, 0.4) is 0 Å². The highest BCUT2D eigenvalue weighted by Crippen LogP contribution is 2.14. The second kappa shape index (κ2) is 6.97. The van der Waals surface area contributed by atoms with E-state index in [1.54, 1.807) is 0 Å². The van der Waals surface area contributed by atoms with Crippen molar-refractivity contribution in [2.45, 2.75) is 38.1 Å². The Labute approximate surface area is 111 Å². The van der Waals surface area contributed by atoms with Gasteiger partial charge in [0.2, 0.25) is 5.88 Å². The molecule has 2 heterocycles. The fraction of sp³-hybridized carbons (Fsp3) is 0.615. The lowest BCUT2D eigenvalue weighted by atomic mass is 10.0. The lowest BCUT2D eigenvalue weighted by molar-refractivity contribution is 0.276. The van der Waals surface area contributed by atoms with Crippen molar-refractivity contribution in [1.29, 1.82) is 0 Å². The van der Waals surface area contributed by atoms with Gasteiger partial charge in [0.05, 0.1) is 6.61 Å². The van der Waals surface area contributed by atoms with E-state index in [-0.39, 0.29) is 0 Å². The van der Waals surface area contributed by atoms with E-state index in [1.165, 1.54) is 32.2 Å². The fourth-order valence-electron chi connectivity index (χ4n) is 2.15. The van der Waals surface area contributed by atoms with Gasteiger partial charge in [-0.15, -0.1) is 0 Å². The van der Waals surface area contributed by atoms with Crippen LogP contribution in [-0.4, -0.2) is 24.2 Å². The van der Waals surface area contributed by atoms with Gasteiger partial charge in [0, 0.05) is 12.1 Å². The third kappa shape index (κ3) is 4.64. The van der Waals surface area contributed by atoms with Gasteiger partial charge in [0.15, 0.2) is 0 Å². The summed E-state index contributed by atoms with van der Waals surface area (Å²) in [4.78, 5) is 4.24. The largest absolute Gasteiger partial charge is 0.478 e. The number of pyridine rings is 1. The molecule has 0 amide bonds. The quantitative estimate of drug-likeness (QED) is 0.670. The topological polar surface area (TPSA) is 34.1 Å².